The molecule has 0 spiro atoms. The number of ether oxygens (including phenoxy) is 1. The average Bonchev–Trinajstić information content (AvgIpc) is 2.47. The van der Waals surface area contributed by atoms with E-state index in [0.717, 1.165) is 37.9 Å². The van der Waals surface area contributed by atoms with Gasteiger partial charge in [0.25, 0.3) is 0 Å². The van der Waals surface area contributed by atoms with Crippen LogP contribution in [0.5, 0.6) is 0 Å². The van der Waals surface area contributed by atoms with Crippen LogP contribution in [-0.2, 0) is 11.2 Å². The Morgan fingerprint density at radius 1 is 1.37 bits per heavy atom. The predicted octanol–water partition coefficient (Wildman–Crippen LogP) is 2.39. The molecule has 2 unspecified atom stereocenters. The van der Waals surface area contributed by atoms with Gasteiger partial charge in [0.05, 0.1) is 12.2 Å². The van der Waals surface area contributed by atoms with Crippen molar-refractivity contribution in [1.82, 2.24) is 4.90 Å². The number of aryl methyl sites for hydroxylation is 1. The molecule has 1 aromatic carbocycles. The minimum Gasteiger partial charge on any atom is -0.387 e. The fraction of sp³-hybridized carbons (Fsp3) is 0.625. The Labute approximate surface area is 116 Å². The lowest BCUT2D eigenvalue weighted by atomic mass is 10.0. The summed E-state index contributed by atoms with van der Waals surface area (Å²) >= 11 is 0. The standard InChI is InChI=1S/C16H25NO2/c1-3-13-6-8-14(9-7-13)16(18)12-17-10-4-5-15(11-17)19-2/h6-9,15-16,18H,3-5,10-12H2,1-2H3. The molecule has 0 radical (unpaired) electrons. The number of hydrogen-bond acceptors (Lipinski definition) is 3. The SMILES string of the molecule is CCc1ccc(C(O)CN2CCCC(OC)C2)cc1. The maximum absolute atomic E-state index is 10.3. The van der Waals surface area contributed by atoms with Crippen molar-refractivity contribution < 1.29 is 9.84 Å². The number of rotatable bonds is 5. The molecule has 1 aliphatic rings. The van der Waals surface area contributed by atoms with Gasteiger partial charge in [0, 0.05) is 20.2 Å². The summed E-state index contributed by atoms with van der Waals surface area (Å²) in [4.78, 5) is 2.30. The molecular formula is C16H25NO2. The van der Waals surface area contributed by atoms with E-state index in [1.165, 1.54) is 5.56 Å². The first-order chi connectivity index (χ1) is 9.22. The van der Waals surface area contributed by atoms with Crippen LogP contribution in [0.3, 0.4) is 0 Å². The third-order valence-corrected chi connectivity index (χ3v) is 4.00. The largest absolute Gasteiger partial charge is 0.387 e. The Balaban J connectivity index is 1.90. The summed E-state index contributed by atoms with van der Waals surface area (Å²) in [5.74, 6) is 0. The van der Waals surface area contributed by atoms with E-state index in [9.17, 15) is 5.11 Å². The summed E-state index contributed by atoms with van der Waals surface area (Å²) in [6.45, 7) is 4.83. The monoisotopic (exact) mass is 263 g/mol. The van der Waals surface area contributed by atoms with Crippen molar-refractivity contribution in [2.45, 2.75) is 38.4 Å². The number of β-amino-alcohol motifs (C(OH)–C–C–N with tert-alkyl or cyclic N) is 1. The molecule has 1 aromatic rings. The lowest BCUT2D eigenvalue weighted by Crippen LogP contribution is -2.41. The maximum Gasteiger partial charge on any atom is 0.0916 e. The molecule has 1 N–H and O–H groups in total. The Kier molecular flexibility index (Phi) is 5.37. The van der Waals surface area contributed by atoms with Gasteiger partial charge in [-0.3, -0.25) is 4.90 Å². The first-order valence-electron chi connectivity index (χ1n) is 7.25. The van der Waals surface area contributed by atoms with Crippen LogP contribution in [0.15, 0.2) is 24.3 Å². The van der Waals surface area contributed by atoms with E-state index in [2.05, 4.69) is 24.0 Å². The van der Waals surface area contributed by atoms with Gasteiger partial charge in [-0.05, 0) is 36.9 Å². The van der Waals surface area contributed by atoms with Crippen LogP contribution in [0, 0.1) is 0 Å². The second-order valence-electron chi connectivity index (χ2n) is 5.37. The van der Waals surface area contributed by atoms with Crippen molar-refractivity contribution in [2.75, 3.05) is 26.7 Å². The highest BCUT2D eigenvalue weighted by atomic mass is 16.5. The van der Waals surface area contributed by atoms with Gasteiger partial charge in [0.1, 0.15) is 0 Å². The highest BCUT2D eigenvalue weighted by Gasteiger charge is 2.21. The number of hydrogen-bond donors (Lipinski definition) is 1. The first-order valence-corrected chi connectivity index (χ1v) is 7.25. The van der Waals surface area contributed by atoms with Crippen LogP contribution >= 0.6 is 0 Å². The van der Waals surface area contributed by atoms with Gasteiger partial charge in [-0.15, -0.1) is 0 Å². The number of piperidine rings is 1. The fourth-order valence-corrected chi connectivity index (χ4v) is 2.70. The summed E-state index contributed by atoms with van der Waals surface area (Å²) in [7, 11) is 1.77. The number of nitrogens with zero attached hydrogens (tertiary/aromatic N) is 1. The van der Waals surface area contributed by atoms with Crippen molar-refractivity contribution in [3.63, 3.8) is 0 Å². The van der Waals surface area contributed by atoms with Gasteiger partial charge in [0.15, 0.2) is 0 Å². The minimum absolute atomic E-state index is 0.323. The van der Waals surface area contributed by atoms with E-state index in [4.69, 9.17) is 4.74 Å². The van der Waals surface area contributed by atoms with Crippen LogP contribution in [0.2, 0.25) is 0 Å². The molecule has 0 aromatic heterocycles. The van der Waals surface area contributed by atoms with Crippen molar-refractivity contribution in [3.05, 3.63) is 35.4 Å². The third-order valence-electron chi connectivity index (χ3n) is 4.00. The lowest BCUT2D eigenvalue weighted by Gasteiger charge is -2.33. The van der Waals surface area contributed by atoms with Crippen LogP contribution in [0.25, 0.3) is 0 Å². The normalized spacial score (nSPS) is 22.4. The first kappa shape index (κ1) is 14.5. The van der Waals surface area contributed by atoms with E-state index in [1.54, 1.807) is 7.11 Å². The highest BCUT2D eigenvalue weighted by molar-refractivity contribution is 5.24. The van der Waals surface area contributed by atoms with Crippen LogP contribution in [0.4, 0.5) is 0 Å². The zero-order valence-corrected chi connectivity index (χ0v) is 12.0. The quantitative estimate of drug-likeness (QED) is 0.885. The van der Waals surface area contributed by atoms with Crippen molar-refractivity contribution in [3.8, 4) is 0 Å². The topological polar surface area (TPSA) is 32.7 Å². The Hall–Kier alpha value is -0.900. The summed E-state index contributed by atoms with van der Waals surface area (Å²) in [6.07, 6.45) is 3.25. The third kappa shape index (κ3) is 4.03. The Morgan fingerprint density at radius 3 is 2.74 bits per heavy atom. The molecule has 0 amide bonds. The van der Waals surface area contributed by atoms with Gasteiger partial charge < -0.3 is 9.84 Å². The van der Waals surface area contributed by atoms with Crippen LogP contribution in [-0.4, -0.2) is 42.9 Å². The van der Waals surface area contributed by atoms with Crippen molar-refractivity contribution in [2.24, 2.45) is 0 Å². The number of likely N-dealkylation sites (tertiary alicyclic amines) is 1. The maximum atomic E-state index is 10.3. The average molecular weight is 263 g/mol. The fourth-order valence-electron chi connectivity index (χ4n) is 2.70. The second kappa shape index (κ2) is 7.04. The number of methoxy groups -OCH3 is 1. The molecule has 2 rings (SSSR count). The van der Waals surface area contributed by atoms with E-state index in [1.807, 2.05) is 12.1 Å². The van der Waals surface area contributed by atoms with E-state index in [-0.39, 0.29) is 0 Å². The van der Waals surface area contributed by atoms with Gasteiger partial charge >= 0.3 is 0 Å². The molecular weight excluding hydrogens is 238 g/mol. The molecule has 19 heavy (non-hydrogen) atoms. The molecule has 3 nitrogen and oxygen atoms in total. The molecule has 2 atom stereocenters. The molecule has 1 fully saturated rings. The molecule has 0 aliphatic carbocycles. The van der Waals surface area contributed by atoms with Crippen molar-refractivity contribution >= 4 is 0 Å². The Morgan fingerprint density at radius 2 is 2.11 bits per heavy atom. The number of aliphatic hydroxyl groups excluding tert-OH is 1. The molecule has 0 bridgehead atoms. The van der Waals surface area contributed by atoms with Crippen LogP contribution < -0.4 is 0 Å². The molecule has 1 saturated heterocycles. The Bertz CT molecular complexity index is 377. The molecule has 0 saturated carbocycles. The predicted molar refractivity (Wildman–Crippen MR) is 77.3 cm³/mol. The second-order valence-corrected chi connectivity index (χ2v) is 5.37. The minimum atomic E-state index is -0.401. The van der Waals surface area contributed by atoms with E-state index >= 15 is 0 Å². The molecule has 1 aliphatic heterocycles. The molecule has 106 valence electrons. The zero-order valence-electron chi connectivity index (χ0n) is 12.0. The smallest absolute Gasteiger partial charge is 0.0916 e. The number of benzene rings is 1. The number of aliphatic hydroxyl groups is 1. The molecule has 1 heterocycles. The van der Waals surface area contributed by atoms with Crippen LogP contribution in [0.1, 0.15) is 37.0 Å². The van der Waals surface area contributed by atoms with Crippen molar-refractivity contribution in [1.29, 1.82) is 0 Å². The summed E-state index contributed by atoms with van der Waals surface area (Å²) in [6, 6.07) is 8.29. The molecule has 3 heteroatoms. The van der Waals surface area contributed by atoms with Gasteiger partial charge in [-0.2, -0.15) is 0 Å². The van der Waals surface area contributed by atoms with Gasteiger partial charge in [-0.1, -0.05) is 31.2 Å². The lowest BCUT2D eigenvalue weighted by molar-refractivity contribution is 0.0127. The van der Waals surface area contributed by atoms with Gasteiger partial charge in [-0.25, -0.2) is 0 Å². The van der Waals surface area contributed by atoms with Gasteiger partial charge in [0.2, 0.25) is 0 Å². The summed E-state index contributed by atoms with van der Waals surface area (Å²) in [5.41, 5.74) is 2.32. The highest BCUT2D eigenvalue weighted by Crippen LogP contribution is 2.19. The summed E-state index contributed by atoms with van der Waals surface area (Å²) in [5, 5.41) is 10.3. The summed E-state index contributed by atoms with van der Waals surface area (Å²) < 4.78 is 5.42. The van der Waals surface area contributed by atoms with E-state index in [0.29, 0.717) is 12.6 Å². The van der Waals surface area contributed by atoms with E-state index < -0.39 is 6.10 Å². The zero-order chi connectivity index (χ0) is 13.7.